The Labute approximate surface area is 138 Å². The number of nitrogens with two attached hydrogens (primary N) is 1. The summed E-state index contributed by atoms with van der Waals surface area (Å²) >= 11 is 0. The Morgan fingerprint density at radius 1 is 1.50 bits per heavy atom. The van der Waals surface area contributed by atoms with Crippen LogP contribution in [0, 0.1) is 0 Å². The molecule has 0 aliphatic carbocycles. The number of methoxy groups -OCH3 is 1. The van der Waals surface area contributed by atoms with Crippen LogP contribution in [-0.2, 0) is 16.1 Å². The summed E-state index contributed by atoms with van der Waals surface area (Å²) < 4.78 is 11.0. The minimum Gasteiger partial charge on any atom is -0.496 e. The number of rotatable bonds is 6. The molecule has 6 heteroatoms. The molecule has 1 heterocycles. The van der Waals surface area contributed by atoms with E-state index in [2.05, 4.69) is 0 Å². The van der Waals surface area contributed by atoms with Gasteiger partial charge in [0.2, 0.25) is 5.91 Å². The lowest BCUT2D eigenvalue weighted by Crippen LogP contribution is -2.44. The predicted molar refractivity (Wildman–Crippen MR) is 88.3 cm³/mol. The molecular formula is C16H25ClN2O3. The second kappa shape index (κ2) is 8.98. The lowest BCUT2D eigenvalue weighted by Gasteiger charge is -2.27. The number of nitrogens with zero attached hydrogens (tertiary/aromatic N) is 1. The van der Waals surface area contributed by atoms with E-state index < -0.39 is 6.04 Å². The van der Waals surface area contributed by atoms with Gasteiger partial charge < -0.3 is 20.1 Å². The number of hydrogen-bond donors (Lipinski definition) is 1. The summed E-state index contributed by atoms with van der Waals surface area (Å²) in [5, 5.41) is 0. The van der Waals surface area contributed by atoms with Crippen LogP contribution < -0.4 is 10.5 Å². The van der Waals surface area contributed by atoms with Gasteiger partial charge >= 0.3 is 0 Å². The van der Waals surface area contributed by atoms with Crippen LogP contribution in [0.5, 0.6) is 5.75 Å². The average Bonchev–Trinajstić information content (AvgIpc) is 2.99. The minimum atomic E-state index is -0.513. The summed E-state index contributed by atoms with van der Waals surface area (Å²) in [5.74, 6) is 0.726. The third-order valence-corrected chi connectivity index (χ3v) is 3.70. The fourth-order valence-electron chi connectivity index (χ4n) is 2.59. The van der Waals surface area contributed by atoms with Crippen molar-refractivity contribution < 1.29 is 14.3 Å². The van der Waals surface area contributed by atoms with Crippen molar-refractivity contribution >= 4 is 18.3 Å². The Balaban J connectivity index is 0.00000242. The monoisotopic (exact) mass is 328 g/mol. The van der Waals surface area contributed by atoms with Crippen molar-refractivity contribution in [2.24, 2.45) is 5.73 Å². The molecule has 124 valence electrons. The predicted octanol–water partition coefficient (Wildman–Crippen LogP) is 1.97. The van der Waals surface area contributed by atoms with Crippen LogP contribution in [0.25, 0.3) is 0 Å². The van der Waals surface area contributed by atoms with Crippen molar-refractivity contribution in [2.75, 3.05) is 20.3 Å². The van der Waals surface area contributed by atoms with Gasteiger partial charge in [-0.3, -0.25) is 4.79 Å². The van der Waals surface area contributed by atoms with Gasteiger partial charge in [0.25, 0.3) is 0 Å². The van der Waals surface area contributed by atoms with Gasteiger partial charge in [-0.05, 0) is 25.8 Å². The van der Waals surface area contributed by atoms with E-state index in [1.165, 1.54) is 0 Å². The number of ether oxygens (including phenoxy) is 2. The standard InChI is InChI=1S/C16H24N2O3.ClH/c1-12(17)16(19)18(11-14-7-5-9-21-14)10-13-6-3-4-8-15(13)20-2;/h3-4,6,8,12,14H,5,7,9-11,17H2,1-2H3;1H/t12-,14?;/m1./s1. The Bertz CT molecular complexity index is 476. The normalized spacial score (nSPS) is 18.4. The summed E-state index contributed by atoms with van der Waals surface area (Å²) in [4.78, 5) is 14.1. The maximum Gasteiger partial charge on any atom is 0.239 e. The first kappa shape index (κ1) is 18.7. The lowest BCUT2D eigenvalue weighted by atomic mass is 10.1. The second-order valence-corrected chi connectivity index (χ2v) is 5.45. The van der Waals surface area contributed by atoms with Crippen molar-refractivity contribution in [1.29, 1.82) is 0 Å². The van der Waals surface area contributed by atoms with Crippen LogP contribution in [-0.4, -0.2) is 43.2 Å². The zero-order chi connectivity index (χ0) is 15.2. The van der Waals surface area contributed by atoms with E-state index in [1.54, 1.807) is 18.9 Å². The SMILES string of the molecule is COc1ccccc1CN(CC1CCCO1)C(=O)[C@@H](C)N.Cl. The van der Waals surface area contributed by atoms with Crippen molar-refractivity contribution in [2.45, 2.75) is 38.5 Å². The fourth-order valence-corrected chi connectivity index (χ4v) is 2.59. The summed E-state index contributed by atoms with van der Waals surface area (Å²) in [6, 6.07) is 7.21. The molecule has 0 radical (unpaired) electrons. The molecule has 2 atom stereocenters. The molecule has 22 heavy (non-hydrogen) atoms. The molecule has 0 spiro atoms. The Hall–Kier alpha value is -1.30. The molecule has 0 bridgehead atoms. The molecule has 1 aromatic carbocycles. The molecule has 1 aliphatic rings. The van der Waals surface area contributed by atoms with Gasteiger partial charge in [0.15, 0.2) is 0 Å². The molecule has 5 nitrogen and oxygen atoms in total. The Kier molecular flexibility index (Phi) is 7.65. The molecule has 1 unspecified atom stereocenters. The highest BCUT2D eigenvalue weighted by molar-refractivity contribution is 5.85. The van der Waals surface area contributed by atoms with E-state index in [0.29, 0.717) is 13.1 Å². The van der Waals surface area contributed by atoms with Gasteiger partial charge in [0.05, 0.1) is 19.3 Å². The second-order valence-electron chi connectivity index (χ2n) is 5.45. The number of halogens is 1. The molecule has 1 amide bonds. The zero-order valence-electron chi connectivity index (χ0n) is 13.2. The number of benzene rings is 1. The highest BCUT2D eigenvalue weighted by Crippen LogP contribution is 2.21. The molecule has 0 aromatic heterocycles. The summed E-state index contributed by atoms with van der Waals surface area (Å²) in [6.45, 7) is 3.56. The zero-order valence-corrected chi connectivity index (χ0v) is 14.0. The van der Waals surface area contributed by atoms with Gasteiger partial charge in [-0.15, -0.1) is 12.4 Å². The van der Waals surface area contributed by atoms with Crippen LogP contribution in [0.15, 0.2) is 24.3 Å². The summed E-state index contributed by atoms with van der Waals surface area (Å²) in [5.41, 5.74) is 6.75. The van der Waals surface area contributed by atoms with Gasteiger partial charge in [-0.1, -0.05) is 18.2 Å². The third kappa shape index (κ3) is 4.87. The van der Waals surface area contributed by atoms with Crippen LogP contribution >= 0.6 is 12.4 Å². The molecule has 2 N–H and O–H groups in total. The summed E-state index contributed by atoms with van der Waals surface area (Å²) in [7, 11) is 1.64. The Morgan fingerprint density at radius 2 is 2.23 bits per heavy atom. The van der Waals surface area contributed by atoms with Crippen molar-refractivity contribution in [1.82, 2.24) is 4.90 Å². The molecule has 1 aliphatic heterocycles. The minimum absolute atomic E-state index is 0. The van der Waals surface area contributed by atoms with E-state index in [4.69, 9.17) is 15.2 Å². The van der Waals surface area contributed by atoms with Crippen molar-refractivity contribution in [3.63, 3.8) is 0 Å². The first-order valence-electron chi connectivity index (χ1n) is 7.39. The third-order valence-electron chi connectivity index (χ3n) is 3.70. The smallest absolute Gasteiger partial charge is 0.239 e. The maximum absolute atomic E-state index is 12.3. The lowest BCUT2D eigenvalue weighted by molar-refractivity contribution is -0.134. The molecule has 0 saturated carbocycles. The first-order valence-corrected chi connectivity index (χ1v) is 7.39. The molecule has 1 aromatic rings. The van der Waals surface area contributed by atoms with Crippen LogP contribution in [0.2, 0.25) is 0 Å². The quantitative estimate of drug-likeness (QED) is 0.867. The van der Waals surface area contributed by atoms with Crippen molar-refractivity contribution in [3.05, 3.63) is 29.8 Å². The largest absolute Gasteiger partial charge is 0.496 e. The fraction of sp³-hybridized carbons (Fsp3) is 0.562. The summed E-state index contributed by atoms with van der Waals surface area (Å²) in [6.07, 6.45) is 2.16. The topological polar surface area (TPSA) is 64.8 Å². The number of carbonyl (C=O) groups excluding carboxylic acids is 1. The maximum atomic E-state index is 12.3. The first-order chi connectivity index (χ1) is 10.1. The number of hydrogen-bond acceptors (Lipinski definition) is 4. The molecule has 2 rings (SSSR count). The van der Waals surface area contributed by atoms with Gasteiger partial charge in [0.1, 0.15) is 5.75 Å². The van der Waals surface area contributed by atoms with E-state index in [0.717, 1.165) is 30.8 Å². The molecule has 1 fully saturated rings. The highest BCUT2D eigenvalue weighted by atomic mass is 35.5. The van der Waals surface area contributed by atoms with Gasteiger partial charge in [0, 0.05) is 25.3 Å². The Morgan fingerprint density at radius 3 is 2.82 bits per heavy atom. The average molecular weight is 329 g/mol. The van der Waals surface area contributed by atoms with E-state index in [-0.39, 0.29) is 24.4 Å². The van der Waals surface area contributed by atoms with Gasteiger partial charge in [-0.2, -0.15) is 0 Å². The number of amides is 1. The number of carbonyl (C=O) groups is 1. The molecule has 1 saturated heterocycles. The van der Waals surface area contributed by atoms with E-state index >= 15 is 0 Å². The molecular weight excluding hydrogens is 304 g/mol. The van der Waals surface area contributed by atoms with Crippen LogP contribution in [0.1, 0.15) is 25.3 Å². The van der Waals surface area contributed by atoms with E-state index in [1.807, 2.05) is 24.3 Å². The van der Waals surface area contributed by atoms with Gasteiger partial charge in [-0.25, -0.2) is 0 Å². The van der Waals surface area contributed by atoms with Crippen molar-refractivity contribution in [3.8, 4) is 5.75 Å². The van der Waals surface area contributed by atoms with E-state index in [9.17, 15) is 4.79 Å². The van der Waals surface area contributed by atoms with Crippen LogP contribution in [0.3, 0.4) is 0 Å². The number of para-hydroxylation sites is 1. The van der Waals surface area contributed by atoms with Crippen LogP contribution in [0.4, 0.5) is 0 Å². The highest BCUT2D eigenvalue weighted by Gasteiger charge is 2.25.